The van der Waals surface area contributed by atoms with Crippen LogP contribution in [0.4, 0.5) is 13.2 Å². The summed E-state index contributed by atoms with van der Waals surface area (Å²) in [4.78, 5) is 10.7. The van der Waals surface area contributed by atoms with Crippen LogP contribution in [0.2, 0.25) is 0 Å². The Morgan fingerprint density at radius 3 is 2.61 bits per heavy atom. The molecule has 0 saturated carbocycles. The first kappa shape index (κ1) is 13.9. The zero-order valence-corrected chi connectivity index (χ0v) is 9.12. The van der Waals surface area contributed by atoms with Crippen molar-refractivity contribution < 1.29 is 27.8 Å². The van der Waals surface area contributed by atoms with Gasteiger partial charge in [-0.3, -0.25) is 0 Å². The summed E-state index contributed by atoms with van der Waals surface area (Å²) in [5.41, 5.74) is -2.06. The molecule has 1 aromatic rings. The second kappa shape index (κ2) is 5.45. The van der Waals surface area contributed by atoms with Gasteiger partial charge in [-0.15, -0.1) is 12.3 Å². The zero-order chi connectivity index (χ0) is 13.8. The summed E-state index contributed by atoms with van der Waals surface area (Å²) in [7, 11) is 0. The van der Waals surface area contributed by atoms with Crippen molar-refractivity contribution in [2.75, 3.05) is 6.61 Å². The normalized spacial score (nSPS) is 10.8. The Bertz CT molecular complexity index is 486. The van der Waals surface area contributed by atoms with E-state index in [0.717, 1.165) is 12.1 Å². The minimum Gasteiger partial charge on any atom is -0.493 e. The maximum Gasteiger partial charge on any atom is 0.417 e. The van der Waals surface area contributed by atoms with E-state index in [1.165, 1.54) is 0 Å². The highest BCUT2D eigenvalue weighted by Crippen LogP contribution is 2.34. The van der Waals surface area contributed by atoms with E-state index in [2.05, 4.69) is 5.92 Å². The number of hydrogen-bond donors (Lipinski definition) is 1. The van der Waals surface area contributed by atoms with Crippen molar-refractivity contribution in [1.82, 2.24) is 0 Å². The molecule has 0 atom stereocenters. The lowest BCUT2D eigenvalue weighted by Gasteiger charge is -2.12. The van der Waals surface area contributed by atoms with Crippen molar-refractivity contribution in [2.45, 2.75) is 12.6 Å². The van der Waals surface area contributed by atoms with Crippen LogP contribution in [0.5, 0.6) is 5.75 Å². The number of ether oxygens (including phenoxy) is 1. The van der Waals surface area contributed by atoms with E-state index in [9.17, 15) is 18.0 Å². The SMILES string of the molecule is C#CCCOc1ccc(C(=O)O)c(C(F)(F)F)c1. The second-order valence-electron chi connectivity index (χ2n) is 3.31. The molecule has 3 nitrogen and oxygen atoms in total. The lowest BCUT2D eigenvalue weighted by Crippen LogP contribution is -2.13. The Labute approximate surface area is 101 Å². The van der Waals surface area contributed by atoms with Gasteiger partial charge in [-0.1, -0.05) is 0 Å². The van der Waals surface area contributed by atoms with Crippen LogP contribution in [0.3, 0.4) is 0 Å². The average Bonchev–Trinajstić information content (AvgIpc) is 2.28. The molecule has 0 aliphatic heterocycles. The molecular formula is C12H9F3O3. The van der Waals surface area contributed by atoms with Crippen molar-refractivity contribution in [2.24, 2.45) is 0 Å². The molecule has 0 saturated heterocycles. The van der Waals surface area contributed by atoms with E-state index >= 15 is 0 Å². The van der Waals surface area contributed by atoms with Gasteiger partial charge in [0.1, 0.15) is 5.75 Å². The first-order valence-electron chi connectivity index (χ1n) is 4.87. The first-order chi connectivity index (χ1) is 8.36. The third kappa shape index (κ3) is 3.42. The van der Waals surface area contributed by atoms with Gasteiger partial charge in [-0.2, -0.15) is 13.2 Å². The van der Waals surface area contributed by atoms with E-state index in [-0.39, 0.29) is 18.8 Å². The van der Waals surface area contributed by atoms with Crippen molar-refractivity contribution in [1.29, 1.82) is 0 Å². The summed E-state index contributed by atoms with van der Waals surface area (Å²) in [5, 5.41) is 8.67. The number of rotatable bonds is 4. The van der Waals surface area contributed by atoms with Crippen LogP contribution >= 0.6 is 0 Å². The maximum absolute atomic E-state index is 12.6. The summed E-state index contributed by atoms with van der Waals surface area (Å²) in [5.74, 6) is 0.563. The minimum absolute atomic E-state index is 0.0671. The molecule has 0 aliphatic carbocycles. The molecule has 0 aromatic heterocycles. The molecule has 0 bridgehead atoms. The number of benzene rings is 1. The molecule has 0 spiro atoms. The standard InChI is InChI=1S/C12H9F3O3/c1-2-3-6-18-8-4-5-9(11(16)17)10(7-8)12(13,14)15/h1,4-5,7H,3,6H2,(H,16,17). The van der Waals surface area contributed by atoms with Crippen LogP contribution in [0.25, 0.3) is 0 Å². The van der Waals surface area contributed by atoms with Crippen LogP contribution in [0.1, 0.15) is 22.3 Å². The summed E-state index contributed by atoms with van der Waals surface area (Å²) >= 11 is 0. The fourth-order valence-electron chi connectivity index (χ4n) is 1.26. The highest BCUT2D eigenvalue weighted by atomic mass is 19.4. The highest BCUT2D eigenvalue weighted by molar-refractivity contribution is 5.89. The molecule has 1 aromatic carbocycles. The van der Waals surface area contributed by atoms with E-state index < -0.39 is 23.3 Å². The number of hydrogen-bond acceptors (Lipinski definition) is 2. The van der Waals surface area contributed by atoms with Gasteiger partial charge in [0, 0.05) is 6.42 Å². The van der Waals surface area contributed by atoms with Gasteiger partial charge in [-0.05, 0) is 18.2 Å². The number of aromatic carboxylic acids is 1. The molecule has 0 unspecified atom stereocenters. The van der Waals surface area contributed by atoms with Gasteiger partial charge < -0.3 is 9.84 Å². The second-order valence-corrected chi connectivity index (χ2v) is 3.31. The van der Waals surface area contributed by atoms with E-state index in [1.54, 1.807) is 0 Å². The van der Waals surface area contributed by atoms with Crippen LogP contribution < -0.4 is 4.74 Å². The number of carboxylic acids is 1. The minimum atomic E-state index is -4.75. The lowest BCUT2D eigenvalue weighted by molar-refractivity contribution is -0.138. The smallest absolute Gasteiger partial charge is 0.417 e. The molecule has 18 heavy (non-hydrogen) atoms. The largest absolute Gasteiger partial charge is 0.493 e. The molecule has 0 aliphatic rings. The summed E-state index contributed by atoms with van der Waals surface area (Å²) < 4.78 is 42.9. The number of terminal acetylenes is 1. The molecule has 0 amide bonds. The van der Waals surface area contributed by atoms with Crippen molar-refractivity contribution in [3.63, 3.8) is 0 Å². The van der Waals surface area contributed by atoms with E-state index in [1.807, 2.05) is 0 Å². The van der Waals surface area contributed by atoms with E-state index in [0.29, 0.717) is 6.07 Å². The first-order valence-corrected chi connectivity index (χ1v) is 4.87. The molecule has 96 valence electrons. The third-order valence-electron chi connectivity index (χ3n) is 2.04. The quantitative estimate of drug-likeness (QED) is 0.667. The third-order valence-corrected chi connectivity index (χ3v) is 2.04. The molecule has 0 fully saturated rings. The molecule has 1 rings (SSSR count). The summed E-state index contributed by atoms with van der Waals surface area (Å²) in [6.07, 6.45) is 0.469. The van der Waals surface area contributed by atoms with Gasteiger partial charge in [0.25, 0.3) is 0 Å². The Morgan fingerprint density at radius 1 is 1.44 bits per heavy atom. The molecule has 0 heterocycles. The van der Waals surface area contributed by atoms with Crippen LogP contribution in [-0.4, -0.2) is 17.7 Å². The van der Waals surface area contributed by atoms with Crippen molar-refractivity contribution >= 4 is 5.97 Å². The summed E-state index contributed by atoms with van der Waals surface area (Å²) in [6.45, 7) is 0.0697. The number of carboxylic acid groups (broad SMARTS) is 1. The van der Waals surface area contributed by atoms with Crippen molar-refractivity contribution in [3.05, 3.63) is 29.3 Å². The predicted molar refractivity (Wildman–Crippen MR) is 57.3 cm³/mol. The topological polar surface area (TPSA) is 46.5 Å². The Balaban J connectivity index is 3.07. The fraction of sp³-hybridized carbons (Fsp3) is 0.250. The van der Waals surface area contributed by atoms with Crippen LogP contribution in [0, 0.1) is 12.3 Å². The van der Waals surface area contributed by atoms with E-state index in [4.69, 9.17) is 16.3 Å². The monoisotopic (exact) mass is 258 g/mol. The van der Waals surface area contributed by atoms with Crippen molar-refractivity contribution in [3.8, 4) is 18.1 Å². The van der Waals surface area contributed by atoms with Gasteiger partial charge in [-0.25, -0.2) is 4.79 Å². The lowest BCUT2D eigenvalue weighted by atomic mass is 10.1. The zero-order valence-electron chi connectivity index (χ0n) is 9.12. The summed E-state index contributed by atoms with van der Waals surface area (Å²) in [6, 6.07) is 2.67. The van der Waals surface area contributed by atoms with Gasteiger partial charge >= 0.3 is 12.1 Å². The average molecular weight is 258 g/mol. The maximum atomic E-state index is 12.6. The van der Waals surface area contributed by atoms with Gasteiger partial charge in [0.2, 0.25) is 0 Å². The predicted octanol–water partition coefficient (Wildman–Crippen LogP) is 2.81. The van der Waals surface area contributed by atoms with Gasteiger partial charge in [0.15, 0.2) is 0 Å². The number of carbonyl (C=O) groups is 1. The molecule has 0 radical (unpaired) electrons. The Kier molecular flexibility index (Phi) is 4.21. The highest BCUT2D eigenvalue weighted by Gasteiger charge is 2.35. The number of halogens is 3. The fourth-order valence-corrected chi connectivity index (χ4v) is 1.26. The van der Waals surface area contributed by atoms with Crippen LogP contribution in [-0.2, 0) is 6.18 Å². The molecule has 1 N–H and O–H groups in total. The Morgan fingerprint density at radius 2 is 2.11 bits per heavy atom. The number of alkyl halides is 3. The Hall–Kier alpha value is -2.16. The van der Waals surface area contributed by atoms with Gasteiger partial charge in [0.05, 0.1) is 17.7 Å². The van der Waals surface area contributed by atoms with Crippen LogP contribution in [0.15, 0.2) is 18.2 Å². The molecular weight excluding hydrogens is 249 g/mol. The molecule has 6 heteroatoms.